The summed E-state index contributed by atoms with van der Waals surface area (Å²) in [5.41, 5.74) is 4.23. The van der Waals surface area contributed by atoms with Crippen molar-refractivity contribution in [3.8, 4) is 0 Å². The first-order chi connectivity index (χ1) is 12.8. The van der Waals surface area contributed by atoms with Crippen LogP contribution in [0.4, 0.5) is 0 Å². The highest BCUT2D eigenvalue weighted by Crippen LogP contribution is 2.21. The van der Waals surface area contributed by atoms with Gasteiger partial charge in [0.25, 0.3) is 0 Å². The van der Waals surface area contributed by atoms with Crippen LogP contribution in [0.1, 0.15) is 5.56 Å². The van der Waals surface area contributed by atoms with E-state index in [1.807, 2.05) is 0 Å². The van der Waals surface area contributed by atoms with Crippen LogP contribution in [-0.4, -0.2) is 7.28 Å². The third-order valence-electron chi connectivity index (χ3n) is 5.51. The fraction of sp³-hybridized carbons (Fsp3) is 0.0400. The lowest BCUT2D eigenvalue weighted by Gasteiger charge is -2.14. The van der Waals surface area contributed by atoms with Gasteiger partial charge in [-0.05, 0) is 45.3 Å². The van der Waals surface area contributed by atoms with Gasteiger partial charge in [-0.2, -0.15) is 0 Å². The van der Waals surface area contributed by atoms with Crippen LogP contribution >= 0.6 is 0 Å². The van der Waals surface area contributed by atoms with Crippen molar-refractivity contribution in [2.24, 2.45) is 0 Å². The number of fused-ring (bicyclic) bond motifs is 3. The van der Waals surface area contributed by atoms with Gasteiger partial charge in [0.1, 0.15) is 0 Å². The second-order valence-electron chi connectivity index (χ2n) is 7.06. The fourth-order valence-corrected chi connectivity index (χ4v) is 4.15. The molecule has 0 radical (unpaired) electrons. The van der Waals surface area contributed by atoms with Gasteiger partial charge < -0.3 is 0 Å². The largest absolute Gasteiger partial charge is 0.195 e. The molecule has 5 aromatic carbocycles. The van der Waals surface area contributed by atoms with Crippen molar-refractivity contribution in [2.75, 3.05) is 0 Å². The monoisotopic (exact) mass is 330 g/mol. The SMILES string of the molecule is Cc1ccc2ccccc2c1Bc1c2ccccc2cc2ccccc12. The normalized spacial score (nSPS) is 11.3. The van der Waals surface area contributed by atoms with Crippen molar-refractivity contribution in [3.05, 3.63) is 96.6 Å². The molecule has 0 aliphatic heterocycles. The third kappa shape index (κ3) is 2.40. The van der Waals surface area contributed by atoms with Gasteiger partial charge in [-0.1, -0.05) is 101 Å². The lowest BCUT2D eigenvalue weighted by atomic mass is 9.58. The highest BCUT2D eigenvalue weighted by Gasteiger charge is 2.13. The molecule has 0 aromatic heterocycles. The Morgan fingerprint density at radius 1 is 0.500 bits per heavy atom. The van der Waals surface area contributed by atoms with E-state index in [1.165, 1.54) is 48.8 Å². The van der Waals surface area contributed by atoms with Crippen LogP contribution in [0.3, 0.4) is 0 Å². The summed E-state index contributed by atoms with van der Waals surface area (Å²) in [6.07, 6.45) is 0. The molecule has 5 aromatic rings. The topological polar surface area (TPSA) is 0 Å². The Morgan fingerprint density at radius 3 is 1.62 bits per heavy atom. The average Bonchev–Trinajstić information content (AvgIpc) is 2.69. The van der Waals surface area contributed by atoms with Gasteiger partial charge >= 0.3 is 0 Å². The second-order valence-corrected chi connectivity index (χ2v) is 7.06. The molecule has 1 heteroatoms. The third-order valence-corrected chi connectivity index (χ3v) is 5.51. The smallest absolute Gasteiger partial charge is 0.0680 e. The van der Waals surface area contributed by atoms with Crippen molar-refractivity contribution in [1.82, 2.24) is 0 Å². The van der Waals surface area contributed by atoms with Crippen molar-refractivity contribution < 1.29 is 0 Å². The van der Waals surface area contributed by atoms with Crippen molar-refractivity contribution >= 4 is 50.5 Å². The van der Waals surface area contributed by atoms with Crippen LogP contribution in [0.5, 0.6) is 0 Å². The van der Waals surface area contributed by atoms with Gasteiger partial charge in [0, 0.05) is 0 Å². The van der Waals surface area contributed by atoms with Crippen LogP contribution in [0.2, 0.25) is 0 Å². The van der Waals surface area contributed by atoms with E-state index in [-0.39, 0.29) is 0 Å². The summed E-state index contributed by atoms with van der Waals surface area (Å²) in [5.74, 6) is 0. The lowest BCUT2D eigenvalue weighted by Crippen LogP contribution is -2.31. The molecule has 0 nitrogen and oxygen atoms in total. The number of aryl methyl sites for hydroxylation is 1. The van der Waals surface area contributed by atoms with Gasteiger partial charge in [-0.3, -0.25) is 0 Å². The predicted octanol–water partition coefficient (Wildman–Crippen LogP) is 4.84. The highest BCUT2D eigenvalue weighted by molar-refractivity contribution is 6.75. The number of rotatable bonds is 2. The minimum Gasteiger partial charge on any atom is -0.0680 e. The number of benzene rings is 5. The summed E-state index contributed by atoms with van der Waals surface area (Å²) < 4.78 is 0. The molecule has 0 heterocycles. The zero-order chi connectivity index (χ0) is 17.5. The van der Waals surface area contributed by atoms with Crippen LogP contribution in [0.15, 0.2) is 91.0 Å². The van der Waals surface area contributed by atoms with Gasteiger partial charge in [-0.25, -0.2) is 0 Å². The maximum atomic E-state index is 2.31. The Hall–Kier alpha value is -3.06. The minimum absolute atomic E-state index is 0.953. The summed E-state index contributed by atoms with van der Waals surface area (Å²) in [5, 5.41) is 8.04. The summed E-state index contributed by atoms with van der Waals surface area (Å²) in [6.45, 7) is 2.23. The van der Waals surface area contributed by atoms with E-state index in [1.54, 1.807) is 0 Å². The summed E-state index contributed by atoms with van der Waals surface area (Å²) in [6, 6.07) is 33.1. The molecule has 0 spiro atoms. The van der Waals surface area contributed by atoms with Crippen molar-refractivity contribution in [3.63, 3.8) is 0 Å². The Morgan fingerprint density at radius 2 is 1.00 bits per heavy atom. The first-order valence-electron chi connectivity index (χ1n) is 9.18. The molecule has 0 unspecified atom stereocenters. The maximum Gasteiger partial charge on any atom is 0.195 e. The van der Waals surface area contributed by atoms with E-state index >= 15 is 0 Å². The Bertz CT molecular complexity index is 1210. The van der Waals surface area contributed by atoms with E-state index in [0.717, 1.165) is 7.28 Å². The minimum atomic E-state index is 0.953. The first-order valence-corrected chi connectivity index (χ1v) is 9.18. The molecule has 0 atom stereocenters. The Balaban J connectivity index is 1.84. The zero-order valence-electron chi connectivity index (χ0n) is 14.9. The molecule has 5 rings (SSSR count). The van der Waals surface area contributed by atoms with Crippen LogP contribution in [-0.2, 0) is 0 Å². The molecule has 0 saturated carbocycles. The number of hydrogen-bond donors (Lipinski definition) is 0. The fourth-order valence-electron chi connectivity index (χ4n) is 4.15. The lowest BCUT2D eigenvalue weighted by molar-refractivity contribution is 1.54. The maximum absolute atomic E-state index is 2.31. The molecule has 0 aliphatic rings. The predicted molar refractivity (Wildman–Crippen MR) is 117 cm³/mol. The van der Waals surface area contributed by atoms with E-state index in [2.05, 4.69) is 97.9 Å². The molecular formula is C25H19B. The Kier molecular flexibility index (Phi) is 3.53. The molecule has 0 bridgehead atoms. The van der Waals surface area contributed by atoms with Gasteiger partial charge in [0.15, 0.2) is 7.28 Å². The summed E-state index contributed by atoms with van der Waals surface area (Å²) in [7, 11) is 0.953. The van der Waals surface area contributed by atoms with E-state index in [4.69, 9.17) is 0 Å². The van der Waals surface area contributed by atoms with E-state index in [0.29, 0.717) is 0 Å². The van der Waals surface area contributed by atoms with Gasteiger partial charge in [-0.15, -0.1) is 0 Å². The molecule has 0 amide bonds. The second kappa shape index (κ2) is 6.03. The van der Waals surface area contributed by atoms with Gasteiger partial charge in [0.05, 0.1) is 0 Å². The Labute approximate surface area is 154 Å². The van der Waals surface area contributed by atoms with Crippen LogP contribution < -0.4 is 10.9 Å². The summed E-state index contributed by atoms with van der Waals surface area (Å²) in [4.78, 5) is 0. The van der Waals surface area contributed by atoms with Crippen molar-refractivity contribution in [2.45, 2.75) is 6.92 Å². The highest BCUT2D eigenvalue weighted by atomic mass is 14.1. The van der Waals surface area contributed by atoms with E-state index in [9.17, 15) is 0 Å². The molecule has 0 saturated heterocycles. The molecule has 0 aliphatic carbocycles. The summed E-state index contributed by atoms with van der Waals surface area (Å²) >= 11 is 0. The molecule has 26 heavy (non-hydrogen) atoms. The van der Waals surface area contributed by atoms with Crippen molar-refractivity contribution in [1.29, 1.82) is 0 Å². The molecule has 0 fully saturated rings. The molecular weight excluding hydrogens is 311 g/mol. The van der Waals surface area contributed by atoms with E-state index < -0.39 is 0 Å². The molecule has 0 N–H and O–H groups in total. The quantitative estimate of drug-likeness (QED) is 0.321. The molecule has 122 valence electrons. The standard InChI is InChI=1S/C25H19B/c1-17-14-15-18-8-2-5-11-21(18)24(17)26-25-22-12-6-3-9-19(22)16-20-10-4-7-13-23(20)25/h2-16,26H,1H3. The van der Waals surface area contributed by atoms with Crippen LogP contribution in [0, 0.1) is 6.92 Å². The number of hydrogen-bond acceptors (Lipinski definition) is 0. The first kappa shape index (κ1) is 15.2. The average molecular weight is 330 g/mol. The van der Waals surface area contributed by atoms with Crippen LogP contribution in [0.25, 0.3) is 32.3 Å². The van der Waals surface area contributed by atoms with Gasteiger partial charge in [0.2, 0.25) is 0 Å². The zero-order valence-corrected chi connectivity index (χ0v) is 14.9.